The Hall–Kier alpha value is -1.07. The van der Waals surface area contributed by atoms with Crippen LogP contribution in [0.1, 0.15) is 20.8 Å². The molecule has 0 radical (unpaired) electrons. The third kappa shape index (κ3) is 4.84. The van der Waals surface area contributed by atoms with Crippen molar-refractivity contribution >= 4 is 34.0 Å². The fourth-order valence-corrected chi connectivity index (χ4v) is 2.52. The van der Waals surface area contributed by atoms with Crippen LogP contribution in [0.4, 0.5) is 5.69 Å². The van der Waals surface area contributed by atoms with E-state index in [9.17, 15) is 9.00 Å². The quantitative estimate of drug-likeness (QED) is 0.819. The highest BCUT2D eigenvalue weighted by Gasteiger charge is 2.15. The van der Waals surface area contributed by atoms with Gasteiger partial charge in [0.25, 0.3) is 0 Å². The average Bonchev–Trinajstić information content (AvgIpc) is 2.32. The fraction of sp³-hybridized carbons (Fsp3) is 0.462. The van der Waals surface area contributed by atoms with Gasteiger partial charge in [-0.05, 0) is 31.0 Å². The Labute approximate surface area is 121 Å². The molecule has 2 atom stereocenters. The van der Waals surface area contributed by atoms with E-state index < -0.39 is 10.8 Å². The van der Waals surface area contributed by atoms with E-state index in [-0.39, 0.29) is 17.7 Å². The van der Waals surface area contributed by atoms with E-state index in [0.29, 0.717) is 21.5 Å². The maximum Gasteiger partial charge on any atom is 0.233 e. The van der Waals surface area contributed by atoms with Crippen LogP contribution in [0, 0.1) is 5.92 Å². The van der Waals surface area contributed by atoms with E-state index in [2.05, 4.69) is 5.32 Å². The minimum absolute atomic E-state index is 0.0551. The van der Waals surface area contributed by atoms with E-state index in [0.717, 1.165) is 0 Å². The Bertz CT molecular complexity index is 492. The molecule has 0 heterocycles. The minimum Gasteiger partial charge on any atom is -0.398 e. The molecule has 1 aromatic carbocycles. The highest BCUT2D eigenvalue weighted by atomic mass is 35.5. The Balaban J connectivity index is 2.64. The monoisotopic (exact) mass is 302 g/mol. The van der Waals surface area contributed by atoms with Gasteiger partial charge >= 0.3 is 0 Å². The largest absolute Gasteiger partial charge is 0.398 e. The van der Waals surface area contributed by atoms with Gasteiger partial charge in [-0.15, -0.1) is 0 Å². The number of carbonyl (C=O) groups excluding carboxylic acids is 1. The molecule has 0 saturated heterocycles. The van der Waals surface area contributed by atoms with Crippen molar-refractivity contribution in [2.75, 3.05) is 11.5 Å². The lowest BCUT2D eigenvalue weighted by atomic mass is 10.1. The molecule has 0 spiro atoms. The number of anilines is 1. The second-order valence-corrected chi connectivity index (χ2v) is 6.63. The molecule has 3 N–H and O–H groups in total. The zero-order chi connectivity index (χ0) is 14.6. The first-order chi connectivity index (χ1) is 8.81. The zero-order valence-corrected chi connectivity index (χ0v) is 12.8. The van der Waals surface area contributed by atoms with Crippen LogP contribution in [-0.2, 0) is 15.6 Å². The molecule has 6 heteroatoms. The number of nitrogens with one attached hydrogen (secondary N) is 1. The second-order valence-electron chi connectivity index (χ2n) is 4.77. The molecule has 2 unspecified atom stereocenters. The molecule has 106 valence electrons. The lowest BCUT2D eigenvalue weighted by molar-refractivity contribution is -0.119. The van der Waals surface area contributed by atoms with Crippen LogP contribution in [0.25, 0.3) is 0 Å². The van der Waals surface area contributed by atoms with E-state index in [1.54, 1.807) is 12.1 Å². The first-order valence-corrected chi connectivity index (χ1v) is 7.73. The standard InChI is InChI=1S/C13H19ClN2O2S/c1-8(2)9(3)16-13(17)7-19(18)10-4-5-12(15)11(14)6-10/h4-6,8-9H,7,15H2,1-3H3,(H,16,17). The number of hydrogen-bond donors (Lipinski definition) is 2. The fourth-order valence-electron chi connectivity index (χ4n) is 1.31. The van der Waals surface area contributed by atoms with Gasteiger partial charge in [0.15, 0.2) is 0 Å². The maximum absolute atomic E-state index is 12.0. The molecule has 1 amide bonds. The second kappa shape index (κ2) is 6.91. The van der Waals surface area contributed by atoms with Crippen molar-refractivity contribution in [3.05, 3.63) is 23.2 Å². The molecule has 0 aliphatic heterocycles. The van der Waals surface area contributed by atoms with Crippen LogP contribution >= 0.6 is 11.6 Å². The smallest absolute Gasteiger partial charge is 0.233 e. The molecule has 0 saturated carbocycles. The molecule has 0 fully saturated rings. The highest BCUT2D eigenvalue weighted by molar-refractivity contribution is 7.85. The Morgan fingerprint density at radius 3 is 2.58 bits per heavy atom. The number of benzene rings is 1. The predicted molar refractivity (Wildman–Crippen MR) is 79.6 cm³/mol. The van der Waals surface area contributed by atoms with Crippen molar-refractivity contribution in [2.24, 2.45) is 5.92 Å². The predicted octanol–water partition coefficient (Wildman–Crippen LogP) is 2.19. The lowest BCUT2D eigenvalue weighted by Crippen LogP contribution is -2.38. The van der Waals surface area contributed by atoms with Gasteiger partial charge in [0.2, 0.25) is 5.91 Å². The number of nitrogens with two attached hydrogens (primary N) is 1. The van der Waals surface area contributed by atoms with Gasteiger partial charge in [-0.25, -0.2) is 0 Å². The lowest BCUT2D eigenvalue weighted by Gasteiger charge is -2.17. The summed E-state index contributed by atoms with van der Waals surface area (Å²) in [5.74, 6) is 0.0351. The summed E-state index contributed by atoms with van der Waals surface area (Å²) in [5, 5.41) is 3.17. The summed E-state index contributed by atoms with van der Waals surface area (Å²) in [4.78, 5) is 12.2. The van der Waals surface area contributed by atoms with Crippen molar-refractivity contribution in [2.45, 2.75) is 31.7 Å². The highest BCUT2D eigenvalue weighted by Crippen LogP contribution is 2.21. The maximum atomic E-state index is 12.0. The number of hydrogen-bond acceptors (Lipinski definition) is 3. The summed E-state index contributed by atoms with van der Waals surface area (Å²) in [6.07, 6.45) is 0. The third-order valence-corrected chi connectivity index (χ3v) is 4.52. The van der Waals surface area contributed by atoms with Crippen molar-refractivity contribution in [3.63, 3.8) is 0 Å². The molecular formula is C13H19ClN2O2S. The molecule has 0 bridgehead atoms. The SMILES string of the molecule is CC(C)C(C)NC(=O)CS(=O)c1ccc(N)c(Cl)c1. The average molecular weight is 303 g/mol. The molecule has 0 aromatic heterocycles. The van der Waals surface area contributed by atoms with E-state index in [1.807, 2.05) is 20.8 Å². The molecule has 0 aliphatic rings. The first-order valence-electron chi connectivity index (χ1n) is 6.04. The molecule has 4 nitrogen and oxygen atoms in total. The number of amides is 1. The summed E-state index contributed by atoms with van der Waals surface area (Å²) in [6, 6.07) is 4.80. The van der Waals surface area contributed by atoms with E-state index in [1.165, 1.54) is 6.07 Å². The minimum atomic E-state index is -1.41. The van der Waals surface area contributed by atoms with Crippen molar-refractivity contribution in [1.82, 2.24) is 5.32 Å². The van der Waals surface area contributed by atoms with Crippen molar-refractivity contribution < 1.29 is 9.00 Å². The van der Waals surface area contributed by atoms with Crippen LogP contribution in [-0.4, -0.2) is 21.9 Å². The molecule has 1 rings (SSSR count). The number of halogens is 1. The summed E-state index contributed by atoms with van der Waals surface area (Å²) in [7, 11) is -1.41. The van der Waals surface area contributed by atoms with Gasteiger partial charge in [0, 0.05) is 10.9 Å². The number of carbonyl (C=O) groups is 1. The number of nitrogen functional groups attached to an aromatic ring is 1. The molecular weight excluding hydrogens is 284 g/mol. The van der Waals surface area contributed by atoms with Gasteiger partial charge < -0.3 is 11.1 Å². The Morgan fingerprint density at radius 2 is 2.05 bits per heavy atom. The van der Waals surface area contributed by atoms with Gasteiger partial charge in [0.05, 0.1) is 21.5 Å². The summed E-state index contributed by atoms with van der Waals surface area (Å²) >= 11 is 5.86. The van der Waals surface area contributed by atoms with Crippen LogP contribution in [0.2, 0.25) is 5.02 Å². The van der Waals surface area contributed by atoms with Crippen molar-refractivity contribution in [3.8, 4) is 0 Å². The van der Waals surface area contributed by atoms with Gasteiger partial charge in [-0.2, -0.15) is 0 Å². The Kier molecular flexibility index (Phi) is 5.82. The van der Waals surface area contributed by atoms with Gasteiger partial charge in [0.1, 0.15) is 5.75 Å². The van der Waals surface area contributed by atoms with Crippen LogP contribution in [0.5, 0.6) is 0 Å². The van der Waals surface area contributed by atoms with Gasteiger partial charge in [-0.3, -0.25) is 9.00 Å². The Morgan fingerprint density at radius 1 is 1.42 bits per heavy atom. The van der Waals surface area contributed by atoms with Crippen molar-refractivity contribution in [1.29, 1.82) is 0 Å². The molecule has 1 aromatic rings. The third-order valence-electron chi connectivity index (χ3n) is 2.89. The topological polar surface area (TPSA) is 72.2 Å². The van der Waals surface area contributed by atoms with Crippen LogP contribution in [0.15, 0.2) is 23.1 Å². The summed E-state index contributed by atoms with van der Waals surface area (Å²) < 4.78 is 12.0. The van der Waals surface area contributed by atoms with Gasteiger partial charge in [-0.1, -0.05) is 25.4 Å². The summed E-state index contributed by atoms with van der Waals surface area (Å²) in [5.41, 5.74) is 6.01. The van der Waals surface area contributed by atoms with E-state index in [4.69, 9.17) is 17.3 Å². The normalized spacial score (nSPS) is 14.2. The summed E-state index contributed by atoms with van der Waals surface area (Å²) in [6.45, 7) is 5.95. The first kappa shape index (κ1) is 16.0. The van der Waals surface area contributed by atoms with Crippen LogP contribution in [0.3, 0.4) is 0 Å². The molecule has 0 aliphatic carbocycles. The van der Waals surface area contributed by atoms with Crippen LogP contribution < -0.4 is 11.1 Å². The molecule has 19 heavy (non-hydrogen) atoms. The zero-order valence-electron chi connectivity index (χ0n) is 11.3. The number of rotatable bonds is 5. The van der Waals surface area contributed by atoms with E-state index >= 15 is 0 Å².